The zero-order valence-electron chi connectivity index (χ0n) is 11.0. The molecule has 1 aromatic heterocycles. The minimum atomic E-state index is 0.268. The van der Waals surface area contributed by atoms with Crippen LogP contribution in [0.5, 0.6) is 0 Å². The summed E-state index contributed by atoms with van der Waals surface area (Å²) in [6.45, 7) is 7.28. The van der Waals surface area contributed by atoms with Gasteiger partial charge in [-0.1, -0.05) is 30.7 Å². The van der Waals surface area contributed by atoms with E-state index in [2.05, 4.69) is 50.4 Å². The molecule has 0 aliphatic carbocycles. The van der Waals surface area contributed by atoms with Gasteiger partial charge in [0.15, 0.2) is 0 Å². The number of halogens is 1. The molecule has 0 aliphatic heterocycles. The maximum Gasteiger partial charge on any atom is 0.0671 e. The Morgan fingerprint density at radius 2 is 2.00 bits per heavy atom. The van der Waals surface area contributed by atoms with Crippen LogP contribution >= 0.6 is 22.9 Å². The lowest BCUT2D eigenvalue weighted by molar-refractivity contribution is 0.639. The van der Waals surface area contributed by atoms with Gasteiger partial charge in [-0.15, -0.1) is 11.3 Å². The predicted molar refractivity (Wildman–Crippen MR) is 80.8 cm³/mol. The molecule has 1 unspecified atom stereocenters. The van der Waals surface area contributed by atoms with Crippen LogP contribution in [0.4, 0.5) is 0 Å². The van der Waals surface area contributed by atoms with Crippen LogP contribution in [0, 0.1) is 13.8 Å². The van der Waals surface area contributed by atoms with E-state index >= 15 is 0 Å². The van der Waals surface area contributed by atoms with Crippen LogP contribution in [-0.2, 0) is 0 Å². The molecule has 0 saturated carbocycles. The Labute approximate surface area is 118 Å². The second-order valence-electron chi connectivity index (χ2n) is 4.45. The number of nitrogens with one attached hydrogen (secondary N) is 1. The molecule has 3 heteroatoms. The van der Waals surface area contributed by atoms with Crippen molar-refractivity contribution in [2.45, 2.75) is 26.8 Å². The molecule has 2 aromatic rings. The Balaban J connectivity index is 2.37. The molecule has 0 aliphatic rings. The molecule has 1 N–H and O–H groups in total. The lowest BCUT2D eigenvalue weighted by Crippen LogP contribution is -2.21. The van der Waals surface area contributed by atoms with Gasteiger partial charge in [0, 0.05) is 14.8 Å². The van der Waals surface area contributed by atoms with Gasteiger partial charge in [-0.3, -0.25) is 0 Å². The monoisotopic (exact) mass is 279 g/mol. The number of hydrogen-bond acceptors (Lipinski definition) is 2. The van der Waals surface area contributed by atoms with E-state index in [0.717, 1.165) is 17.1 Å². The van der Waals surface area contributed by atoms with Crippen molar-refractivity contribution >= 4 is 22.9 Å². The summed E-state index contributed by atoms with van der Waals surface area (Å²) in [6.07, 6.45) is 0. The van der Waals surface area contributed by atoms with E-state index in [1.807, 2.05) is 17.4 Å². The van der Waals surface area contributed by atoms with E-state index in [9.17, 15) is 0 Å². The Morgan fingerprint density at radius 3 is 2.56 bits per heavy atom. The molecular formula is C15H18ClNS. The molecule has 0 radical (unpaired) electrons. The molecule has 96 valence electrons. The Hall–Kier alpha value is -0.830. The molecule has 1 nitrogen and oxygen atoms in total. The van der Waals surface area contributed by atoms with Gasteiger partial charge in [0.1, 0.15) is 0 Å². The van der Waals surface area contributed by atoms with Crippen LogP contribution < -0.4 is 5.32 Å². The van der Waals surface area contributed by atoms with Crippen molar-refractivity contribution in [2.75, 3.05) is 6.54 Å². The normalized spacial score (nSPS) is 12.7. The highest BCUT2D eigenvalue weighted by molar-refractivity contribution is 7.12. The zero-order valence-corrected chi connectivity index (χ0v) is 12.5. The standard InChI is InChI=1S/C15H18ClNS/c1-4-17-15(14-8-5-11(3)18-14)12-6-7-13(16)10(2)9-12/h5-9,15,17H,4H2,1-3H3. The van der Waals surface area contributed by atoms with Crippen LogP contribution in [-0.4, -0.2) is 6.54 Å². The highest BCUT2D eigenvalue weighted by Crippen LogP contribution is 2.30. The van der Waals surface area contributed by atoms with Crippen LogP contribution in [0.2, 0.25) is 5.02 Å². The molecule has 0 spiro atoms. The first kappa shape index (κ1) is 13.6. The van der Waals surface area contributed by atoms with Crippen molar-refractivity contribution in [2.24, 2.45) is 0 Å². The average Bonchev–Trinajstić information content (AvgIpc) is 2.76. The predicted octanol–water partition coefficient (Wildman–Crippen LogP) is 4.72. The van der Waals surface area contributed by atoms with Gasteiger partial charge in [0.05, 0.1) is 6.04 Å². The number of benzene rings is 1. The summed E-state index contributed by atoms with van der Waals surface area (Å²) in [5, 5.41) is 4.37. The van der Waals surface area contributed by atoms with Crippen molar-refractivity contribution in [1.29, 1.82) is 0 Å². The SMILES string of the molecule is CCNC(c1ccc(Cl)c(C)c1)c1ccc(C)s1. The van der Waals surface area contributed by atoms with Crippen molar-refractivity contribution in [1.82, 2.24) is 5.32 Å². The first-order valence-electron chi connectivity index (χ1n) is 6.17. The van der Waals surface area contributed by atoms with E-state index in [1.165, 1.54) is 15.3 Å². The minimum Gasteiger partial charge on any atom is -0.306 e. The highest BCUT2D eigenvalue weighted by atomic mass is 35.5. The fourth-order valence-electron chi connectivity index (χ4n) is 2.04. The molecule has 0 fully saturated rings. The van der Waals surface area contributed by atoms with E-state index in [1.54, 1.807) is 0 Å². The summed E-state index contributed by atoms with van der Waals surface area (Å²) in [5.41, 5.74) is 2.41. The fraction of sp³-hybridized carbons (Fsp3) is 0.333. The zero-order chi connectivity index (χ0) is 13.1. The van der Waals surface area contributed by atoms with Crippen molar-refractivity contribution in [3.8, 4) is 0 Å². The third-order valence-corrected chi connectivity index (χ3v) is 4.46. The smallest absolute Gasteiger partial charge is 0.0671 e. The molecule has 0 amide bonds. The third kappa shape index (κ3) is 2.94. The van der Waals surface area contributed by atoms with E-state index in [-0.39, 0.29) is 6.04 Å². The van der Waals surface area contributed by atoms with Crippen molar-refractivity contribution in [3.05, 3.63) is 56.2 Å². The lowest BCUT2D eigenvalue weighted by Gasteiger charge is -2.18. The maximum absolute atomic E-state index is 6.09. The number of thiophene rings is 1. The summed E-state index contributed by atoms with van der Waals surface area (Å²) in [5.74, 6) is 0. The summed E-state index contributed by atoms with van der Waals surface area (Å²) in [6, 6.07) is 10.9. The van der Waals surface area contributed by atoms with E-state index < -0.39 is 0 Å². The van der Waals surface area contributed by atoms with Crippen LogP contribution in [0.3, 0.4) is 0 Å². The number of rotatable bonds is 4. The van der Waals surface area contributed by atoms with Crippen LogP contribution in [0.1, 0.15) is 33.8 Å². The van der Waals surface area contributed by atoms with Gasteiger partial charge in [0.25, 0.3) is 0 Å². The van der Waals surface area contributed by atoms with Gasteiger partial charge < -0.3 is 5.32 Å². The largest absolute Gasteiger partial charge is 0.306 e. The van der Waals surface area contributed by atoms with Gasteiger partial charge in [-0.25, -0.2) is 0 Å². The Kier molecular flexibility index (Phi) is 4.44. The second kappa shape index (κ2) is 5.87. The molecule has 1 atom stereocenters. The Bertz CT molecular complexity index is 533. The highest BCUT2D eigenvalue weighted by Gasteiger charge is 2.15. The van der Waals surface area contributed by atoms with Crippen LogP contribution in [0.25, 0.3) is 0 Å². The molecular weight excluding hydrogens is 262 g/mol. The fourth-order valence-corrected chi connectivity index (χ4v) is 3.14. The van der Waals surface area contributed by atoms with Gasteiger partial charge >= 0.3 is 0 Å². The molecule has 1 heterocycles. The quantitative estimate of drug-likeness (QED) is 0.854. The number of hydrogen-bond donors (Lipinski definition) is 1. The average molecular weight is 280 g/mol. The maximum atomic E-state index is 6.09. The first-order valence-corrected chi connectivity index (χ1v) is 7.37. The number of aryl methyl sites for hydroxylation is 2. The molecule has 0 bridgehead atoms. The lowest BCUT2D eigenvalue weighted by atomic mass is 10.0. The van der Waals surface area contributed by atoms with Crippen molar-refractivity contribution in [3.63, 3.8) is 0 Å². The minimum absolute atomic E-state index is 0.268. The summed E-state index contributed by atoms with van der Waals surface area (Å²) >= 11 is 7.94. The summed E-state index contributed by atoms with van der Waals surface area (Å²) < 4.78 is 0. The topological polar surface area (TPSA) is 12.0 Å². The molecule has 0 saturated heterocycles. The Morgan fingerprint density at radius 1 is 1.22 bits per heavy atom. The second-order valence-corrected chi connectivity index (χ2v) is 6.17. The summed E-state index contributed by atoms with van der Waals surface area (Å²) in [4.78, 5) is 2.70. The van der Waals surface area contributed by atoms with Gasteiger partial charge in [-0.05, 0) is 49.7 Å². The van der Waals surface area contributed by atoms with Crippen molar-refractivity contribution < 1.29 is 0 Å². The van der Waals surface area contributed by atoms with Gasteiger partial charge in [0.2, 0.25) is 0 Å². The first-order chi connectivity index (χ1) is 8.61. The summed E-state index contributed by atoms with van der Waals surface area (Å²) in [7, 11) is 0. The third-order valence-electron chi connectivity index (χ3n) is 2.97. The molecule has 1 aromatic carbocycles. The van der Waals surface area contributed by atoms with Gasteiger partial charge in [-0.2, -0.15) is 0 Å². The van der Waals surface area contributed by atoms with E-state index in [4.69, 9.17) is 11.6 Å². The molecule has 18 heavy (non-hydrogen) atoms. The van der Waals surface area contributed by atoms with Crippen LogP contribution in [0.15, 0.2) is 30.3 Å². The molecule has 2 rings (SSSR count). The van der Waals surface area contributed by atoms with E-state index in [0.29, 0.717) is 0 Å².